The van der Waals surface area contributed by atoms with Crippen molar-refractivity contribution < 1.29 is 0 Å². The van der Waals surface area contributed by atoms with Crippen molar-refractivity contribution in [3.05, 3.63) is 24.3 Å². The van der Waals surface area contributed by atoms with E-state index in [0.29, 0.717) is 0 Å². The fourth-order valence-corrected chi connectivity index (χ4v) is 1.19. The van der Waals surface area contributed by atoms with E-state index in [2.05, 4.69) is 39.3 Å². The lowest BCUT2D eigenvalue weighted by Gasteiger charge is -2.22. The van der Waals surface area contributed by atoms with Gasteiger partial charge in [-0.2, -0.15) is 0 Å². The zero-order valence-corrected chi connectivity index (χ0v) is 9.06. The first kappa shape index (κ1) is 12.0. The van der Waals surface area contributed by atoms with Gasteiger partial charge >= 0.3 is 0 Å². The molecule has 0 saturated carbocycles. The highest BCUT2D eigenvalue weighted by atomic mass is 14.2. The Hall–Kier alpha value is -0.960. The first-order valence-electron chi connectivity index (χ1n) is 4.74. The Morgan fingerprint density at radius 1 is 1.54 bits per heavy atom. The number of terminal acetylenes is 1. The van der Waals surface area contributed by atoms with Crippen molar-refractivity contribution in [2.24, 2.45) is 5.41 Å². The average molecular weight is 176 g/mol. The van der Waals surface area contributed by atoms with Crippen molar-refractivity contribution in [2.45, 2.75) is 40.0 Å². The topological polar surface area (TPSA) is 0 Å². The quantitative estimate of drug-likeness (QED) is 0.439. The summed E-state index contributed by atoms with van der Waals surface area (Å²) < 4.78 is 0. The third-order valence-corrected chi connectivity index (χ3v) is 2.27. The van der Waals surface area contributed by atoms with Crippen molar-refractivity contribution >= 4 is 0 Å². The number of rotatable bonds is 5. The molecule has 0 amide bonds. The molecule has 0 rings (SSSR count). The highest BCUT2D eigenvalue weighted by Crippen LogP contribution is 2.28. The zero-order chi connectivity index (χ0) is 10.3. The van der Waals surface area contributed by atoms with Crippen LogP contribution in [0.3, 0.4) is 0 Å². The maximum absolute atomic E-state index is 5.31. The maximum atomic E-state index is 5.31. The Balaban J connectivity index is 4.07. The van der Waals surface area contributed by atoms with Crippen LogP contribution < -0.4 is 0 Å². The Bertz CT molecular complexity index is 223. The first-order valence-corrected chi connectivity index (χ1v) is 4.74. The smallest absolute Gasteiger partial charge is 0.0175 e. The summed E-state index contributed by atoms with van der Waals surface area (Å²) in [6, 6.07) is 0. The lowest BCUT2D eigenvalue weighted by Crippen LogP contribution is -2.11. The fraction of sp³-hybridized carbons (Fsp3) is 0.538. The molecule has 0 aromatic carbocycles. The van der Waals surface area contributed by atoms with Gasteiger partial charge in [-0.1, -0.05) is 24.6 Å². The molecule has 0 aromatic rings. The van der Waals surface area contributed by atoms with Gasteiger partial charge in [0.05, 0.1) is 0 Å². The van der Waals surface area contributed by atoms with Crippen LogP contribution in [0.5, 0.6) is 0 Å². The summed E-state index contributed by atoms with van der Waals surface area (Å²) in [6.07, 6.45) is 12.5. The van der Waals surface area contributed by atoms with Crippen molar-refractivity contribution in [1.82, 2.24) is 0 Å². The van der Waals surface area contributed by atoms with Gasteiger partial charge in [-0.15, -0.1) is 18.9 Å². The van der Waals surface area contributed by atoms with Gasteiger partial charge in [0.2, 0.25) is 0 Å². The third kappa shape index (κ3) is 5.31. The van der Waals surface area contributed by atoms with Crippen LogP contribution in [0.2, 0.25) is 0 Å². The summed E-state index contributed by atoms with van der Waals surface area (Å²) in [5.41, 5.74) is 1.48. The second-order valence-electron chi connectivity index (χ2n) is 4.06. The molecule has 0 aliphatic heterocycles. The normalized spacial score (nSPS) is 14.0. The summed E-state index contributed by atoms with van der Waals surface area (Å²) in [6.45, 7) is 10.2. The second kappa shape index (κ2) is 5.65. The predicted octanol–water partition coefficient (Wildman–Crippen LogP) is 3.95. The van der Waals surface area contributed by atoms with E-state index in [1.165, 1.54) is 5.57 Å². The van der Waals surface area contributed by atoms with Gasteiger partial charge < -0.3 is 0 Å². The van der Waals surface area contributed by atoms with E-state index >= 15 is 0 Å². The molecule has 0 N–H and O–H groups in total. The largest absolute Gasteiger partial charge is 0.120 e. The van der Waals surface area contributed by atoms with Crippen LogP contribution in [-0.2, 0) is 0 Å². The van der Waals surface area contributed by atoms with Gasteiger partial charge in [0, 0.05) is 6.42 Å². The Labute approximate surface area is 82.7 Å². The third-order valence-electron chi connectivity index (χ3n) is 2.27. The molecule has 0 radical (unpaired) electrons. The molecule has 0 aliphatic rings. The summed E-state index contributed by atoms with van der Waals surface area (Å²) in [4.78, 5) is 0. The molecule has 0 heteroatoms. The van der Waals surface area contributed by atoms with Crippen LogP contribution in [0, 0.1) is 17.8 Å². The summed E-state index contributed by atoms with van der Waals surface area (Å²) in [5.74, 6) is 2.71. The Kier molecular flexibility index (Phi) is 5.23. The molecule has 0 fully saturated rings. The van der Waals surface area contributed by atoms with Crippen molar-refractivity contribution in [1.29, 1.82) is 0 Å². The van der Waals surface area contributed by atoms with Crippen molar-refractivity contribution in [3.63, 3.8) is 0 Å². The highest BCUT2D eigenvalue weighted by molar-refractivity contribution is 5.03. The molecule has 0 bridgehead atoms. The van der Waals surface area contributed by atoms with Gasteiger partial charge in [0.25, 0.3) is 0 Å². The lowest BCUT2D eigenvalue weighted by atomic mass is 9.82. The van der Waals surface area contributed by atoms with Crippen LogP contribution in [-0.4, -0.2) is 0 Å². The van der Waals surface area contributed by atoms with Crippen LogP contribution in [0.4, 0.5) is 0 Å². The summed E-state index contributed by atoms with van der Waals surface area (Å²) >= 11 is 0. The molecular weight excluding hydrogens is 156 g/mol. The van der Waals surface area contributed by atoms with E-state index < -0.39 is 0 Å². The minimum atomic E-state index is 0.112. The van der Waals surface area contributed by atoms with Gasteiger partial charge in [0.15, 0.2) is 0 Å². The first-order chi connectivity index (χ1) is 6.04. The molecule has 13 heavy (non-hydrogen) atoms. The van der Waals surface area contributed by atoms with E-state index in [1.807, 2.05) is 6.08 Å². The molecule has 0 heterocycles. The molecular formula is C13H20. The van der Waals surface area contributed by atoms with Crippen LogP contribution in [0.25, 0.3) is 0 Å². The van der Waals surface area contributed by atoms with Crippen molar-refractivity contribution in [3.8, 4) is 12.3 Å². The molecule has 0 saturated heterocycles. The fourth-order valence-electron chi connectivity index (χ4n) is 1.19. The van der Waals surface area contributed by atoms with Gasteiger partial charge in [0.1, 0.15) is 0 Å². The number of hydrogen-bond acceptors (Lipinski definition) is 0. The minimum Gasteiger partial charge on any atom is -0.120 e. The molecule has 1 unspecified atom stereocenters. The lowest BCUT2D eigenvalue weighted by molar-refractivity contribution is 0.407. The van der Waals surface area contributed by atoms with Gasteiger partial charge in [-0.3, -0.25) is 0 Å². The van der Waals surface area contributed by atoms with Crippen LogP contribution >= 0.6 is 0 Å². The number of allylic oxidation sites excluding steroid dienone is 3. The molecule has 0 aromatic heterocycles. The second-order valence-corrected chi connectivity index (χ2v) is 4.06. The van der Waals surface area contributed by atoms with Gasteiger partial charge in [-0.05, 0) is 32.1 Å². The minimum absolute atomic E-state index is 0.112. The highest BCUT2D eigenvalue weighted by Gasteiger charge is 2.17. The maximum Gasteiger partial charge on any atom is 0.0175 e. The molecule has 0 spiro atoms. The summed E-state index contributed by atoms with van der Waals surface area (Å²) in [5, 5.41) is 0. The predicted molar refractivity (Wildman–Crippen MR) is 60.4 cm³/mol. The molecule has 0 aliphatic carbocycles. The average Bonchev–Trinajstić information content (AvgIpc) is 2.04. The van der Waals surface area contributed by atoms with E-state index in [9.17, 15) is 0 Å². The SMILES string of the molecule is C#CCC(C)(C=C)CCC=C(C)C. The monoisotopic (exact) mass is 176 g/mol. The zero-order valence-electron chi connectivity index (χ0n) is 9.06. The van der Waals surface area contributed by atoms with Crippen LogP contribution in [0.15, 0.2) is 24.3 Å². The molecule has 0 nitrogen and oxygen atoms in total. The summed E-state index contributed by atoms with van der Waals surface area (Å²) in [7, 11) is 0. The van der Waals surface area contributed by atoms with Crippen molar-refractivity contribution in [2.75, 3.05) is 0 Å². The van der Waals surface area contributed by atoms with E-state index in [4.69, 9.17) is 6.42 Å². The number of hydrogen-bond donors (Lipinski definition) is 0. The Morgan fingerprint density at radius 3 is 2.54 bits per heavy atom. The van der Waals surface area contributed by atoms with Gasteiger partial charge in [-0.25, -0.2) is 0 Å². The standard InChI is InChI=1S/C13H20/c1-6-10-13(5,7-2)11-8-9-12(3)4/h1,7,9H,2,8,10-11H2,3-5H3. The van der Waals surface area contributed by atoms with E-state index in [1.54, 1.807) is 0 Å². The van der Waals surface area contributed by atoms with Crippen LogP contribution in [0.1, 0.15) is 40.0 Å². The molecule has 1 atom stereocenters. The van der Waals surface area contributed by atoms with E-state index in [0.717, 1.165) is 19.3 Å². The Morgan fingerprint density at radius 2 is 2.15 bits per heavy atom. The van der Waals surface area contributed by atoms with E-state index in [-0.39, 0.29) is 5.41 Å². The molecule has 72 valence electrons.